The van der Waals surface area contributed by atoms with E-state index < -0.39 is 0 Å². The van der Waals surface area contributed by atoms with Crippen LogP contribution in [-0.2, 0) is 4.79 Å². The van der Waals surface area contributed by atoms with E-state index in [2.05, 4.69) is 15.3 Å². The van der Waals surface area contributed by atoms with Crippen molar-refractivity contribution in [2.75, 3.05) is 5.75 Å². The summed E-state index contributed by atoms with van der Waals surface area (Å²) in [6.45, 7) is 2.02. The Morgan fingerprint density at radius 2 is 2.29 bits per heavy atom. The highest BCUT2D eigenvalue weighted by atomic mass is 35.5. The van der Waals surface area contributed by atoms with Gasteiger partial charge in [0, 0.05) is 29.5 Å². The first-order valence-electron chi connectivity index (χ1n) is 6.86. The van der Waals surface area contributed by atoms with E-state index in [1.165, 1.54) is 0 Å². The number of benzene rings is 1. The maximum atomic E-state index is 12.0. The van der Waals surface area contributed by atoms with E-state index in [9.17, 15) is 4.79 Å². The number of aromatic nitrogens is 2. The Morgan fingerprint density at radius 3 is 2.95 bits per heavy atom. The summed E-state index contributed by atoms with van der Waals surface area (Å²) in [6, 6.07) is 7.60. The van der Waals surface area contributed by atoms with Gasteiger partial charge in [-0.05, 0) is 18.6 Å². The number of carbonyl (C=O) groups excluding carboxylic acids is 1. The van der Waals surface area contributed by atoms with Gasteiger partial charge < -0.3 is 10.3 Å². The summed E-state index contributed by atoms with van der Waals surface area (Å²) >= 11 is 7.67. The summed E-state index contributed by atoms with van der Waals surface area (Å²) in [7, 11) is 0. The number of hydrogen-bond donors (Lipinski definition) is 2. The predicted molar refractivity (Wildman–Crippen MR) is 86.6 cm³/mol. The average molecular weight is 324 g/mol. The summed E-state index contributed by atoms with van der Waals surface area (Å²) in [4.78, 5) is 20.2. The molecule has 2 N–H and O–H groups in total. The van der Waals surface area contributed by atoms with Crippen molar-refractivity contribution in [3.8, 4) is 0 Å². The van der Waals surface area contributed by atoms with Gasteiger partial charge in [0.15, 0.2) is 0 Å². The fraction of sp³-hybridized carbons (Fsp3) is 0.333. The number of amides is 1. The second-order valence-electron chi connectivity index (χ2n) is 4.53. The van der Waals surface area contributed by atoms with Crippen LogP contribution in [0.15, 0.2) is 41.6 Å². The maximum Gasteiger partial charge on any atom is 0.221 e. The van der Waals surface area contributed by atoms with Gasteiger partial charge in [-0.1, -0.05) is 30.7 Å². The molecule has 0 aliphatic rings. The fourth-order valence-corrected chi connectivity index (χ4v) is 3.10. The summed E-state index contributed by atoms with van der Waals surface area (Å²) < 4.78 is 0. The number of rotatable bonds is 7. The van der Waals surface area contributed by atoms with Crippen molar-refractivity contribution in [1.29, 1.82) is 0 Å². The fourth-order valence-electron chi connectivity index (χ4n) is 1.91. The second-order valence-corrected chi connectivity index (χ2v) is 6.08. The molecule has 0 saturated carbocycles. The van der Waals surface area contributed by atoms with Crippen LogP contribution in [0.25, 0.3) is 0 Å². The smallest absolute Gasteiger partial charge is 0.221 e. The van der Waals surface area contributed by atoms with E-state index in [4.69, 9.17) is 11.6 Å². The zero-order valence-electron chi connectivity index (χ0n) is 11.8. The van der Waals surface area contributed by atoms with Crippen LogP contribution in [0, 0.1) is 0 Å². The van der Waals surface area contributed by atoms with Crippen molar-refractivity contribution in [1.82, 2.24) is 15.3 Å². The monoisotopic (exact) mass is 323 g/mol. The van der Waals surface area contributed by atoms with Crippen LogP contribution in [0.3, 0.4) is 0 Å². The van der Waals surface area contributed by atoms with E-state index >= 15 is 0 Å². The van der Waals surface area contributed by atoms with E-state index in [0.29, 0.717) is 12.2 Å². The second kappa shape index (κ2) is 8.10. The largest absolute Gasteiger partial charge is 0.347 e. The molecule has 2 aromatic rings. The Labute approximate surface area is 133 Å². The third-order valence-corrected chi connectivity index (χ3v) is 4.53. The van der Waals surface area contributed by atoms with Crippen LogP contribution >= 0.6 is 23.4 Å². The van der Waals surface area contributed by atoms with Crippen LogP contribution < -0.4 is 5.32 Å². The molecular formula is C15H18ClN3OS. The molecular weight excluding hydrogens is 306 g/mol. The van der Waals surface area contributed by atoms with Crippen LogP contribution in [-0.4, -0.2) is 21.6 Å². The lowest BCUT2D eigenvalue weighted by molar-refractivity contribution is -0.121. The highest BCUT2D eigenvalue weighted by Gasteiger charge is 2.14. The molecule has 1 heterocycles. The number of imidazole rings is 1. The Kier molecular flexibility index (Phi) is 6.14. The van der Waals surface area contributed by atoms with Crippen molar-refractivity contribution in [3.63, 3.8) is 0 Å². The zero-order chi connectivity index (χ0) is 15.1. The third-order valence-electron chi connectivity index (χ3n) is 3.02. The minimum Gasteiger partial charge on any atom is -0.347 e. The van der Waals surface area contributed by atoms with E-state index in [1.54, 1.807) is 24.2 Å². The van der Waals surface area contributed by atoms with E-state index in [-0.39, 0.29) is 11.9 Å². The van der Waals surface area contributed by atoms with Gasteiger partial charge in [0.2, 0.25) is 5.91 Å². The van der Waals surface area contributed by atoms with Gasteiger partial charge in [0.1, 0.15) is 5.82 Å². The number of halogens is 1. The molecule has 2 rings (SSSR count). The molecule has 1 atom stereocenters. The SMILES string of the molecule is CCC(NC(=O)CCSc1ccccc1Cl)c1ncc[nH]1. The first-order valence-corrected chi connectivity index (χ1v) is 8.23. The third kappa shape index (κ3) is 4.79. The van der Waals surface area contributed by atoms with Gasteiger partial charge in [0.05, 0.1) is 11.1 Å². The first-order chi connectivity index (χ1) is 10.2. The minimum atomic E-state index is -0.0576. The van der Waals surface area contributed by atoms with Crippen molar-refractivity contribution >= 4 is 29.3 Å². The number of aromatic amines is 1. The lowest BCUT2D eigenvalue weighted by Crippen LogP contribution is -2.29. The van der Waals surface area contributed by atoms with Crippen molar-refractivity contribution in [2.24, 2.45) is 0 Å². The van der Waals surface area contributed by atoms with Gasteiger partial charge in [-0.3, -0.25) is 4.79 Å². The quantitative estimate of drug-likeness (QED) is 0.762. The van der Waals surface area contributed by atoms with E-state index in [1.807, 2.05) is 31.2 Å². The number of nitrogens with zero attached hydrogens (tertiary/aromatic N) is 1. The Morgan fingerprint density at radius 1 is 1.48 bits per heavy atom. The number of hydrogen-bond acceptors (Lipinski definition) is 3. The summed E-state index contributed by atoms with van der Waals surface area (Å²) in [5.74, 6) is 1.52. The average Bonchev–Trinajstić information content (AvgIpc) is 3.01. The summed E-state index contributed by atoms with van der Waals surface area (Å²) in [6.07, 6.45) is 4.71. The lowest BCUT2D eigenvalue weighted by atomic mass is 10.2. The van der Waals surface area contributed by atoms with Crippen molar-refractivity contribution < 1.29 is 4.79 Å². The van der Waals surface area contributed by atoms with Crippen LogP contribution in [0.4, 0.5) is 0 Å². The van der Waals surface area contributed by atoms with Gasteiger partial charge in [-0.15, -0.1) is 11.8 Å². The molecule has 0 radical (unpaired) electrons. The summed E-state index contributed by atoms with van der Waals surface area (Å²) in [5, 5.41) is 3.72. The molecule has 4 nitrogen and oxygen atoms in total. The van der Waals surface area contributed by atoms with Gasteiger partial charge in [-0.25, -0.2) is 4.98 Å². The molecule has 1 unspecified atom stereocenters. The Balaban J connectivity index is 1.78. The Bertz CT molecular complexity index is 574. The van der Waals surface area contributed by atoms with Crippen LogP contribution in [0.5, 0.6) is 0 Å². The summed E-state index contributed by atoms with van der Waals surface area (Å²) in [5.41, 5.74) is 0. The topological polar surface area (TPSA) is 57.8 Å². The number of nitrogens with one attached hydrogen (secondary N) is 2. The highest BCUT2D eigenvalue weighted by molar-refractivity contribution is 7.99. The minimum absolute atomic E-state index is 0.0257. The van der Waals surface area contributed by atoms with Gasteiger partial charge in [0.25, 0.3) is 0 Å². The predicted octanol–water partition coefficient (Wildman–Crippen LogP) is 3.81. The number of carbonyl (C=O) groups is 1. The van der Waals surface area contributed by atoms with Crippen LogP contribution in [0.1, 0.15) is 31.6 Å². The molecule has 1 amide bonds. The Hall–Kier alpha value is -1.46. The molecule has 0 spiro atoms. The first kappa shape index (κ1) is 15.9. The molecule has 112 valence electrons. The maximum absolute atomic E-state index is 12.0. The van der Waals surface area contributed by atoms with E-state index in [0.717, 1.165) is 22.2 Å². The molecule has 1 aromatic carbocycles. The highest BCUT2D eigenvalue weighted by Crippen LogP contribution is 2.26. The normalized spacial score (nSPS) is 12.1. The number of thioether (sulfide) groups is 1. The van der Waals surface area contributed by atoms with Crippen LogP contribution in [0.2, 0.25) is 5.02 Å². The lowest BCUT2D eigenvalue weighted by Gasteiger charge is -2.14. The molecule has 1 aromatic heterocycles. The molecule has 21 heavy (non-hydrogen) atoms. The molecule has 0 aliphatic heterocycles. The zero-order valence-corrected chi connectivity index (χ0v) is 13.4. The van der Waals surface area contributed by atoms with Crippen molar-refractivity contribution in [2.45, 2.75) is 30.7 Å². The van der Waals surface area contributed by atoms with Gasteiger partial charge >= 0.3 is 0 Å². The molecule has 0 fully saturated rings. The molecule has 0 saturated heterocycles. The van der Waals surface area contributed by atoms with Gasteiger partial charge in [-0.2, -0.15) is 0 Å². The molecule has 6 heteroatoms. The molecule has 0 aliphatic carbocycles. The standard InChI is InChI=1S/C15H18ClN3OS/c1-2-12(15-17-8-9-18-15)19-14(20)7-10-21-13-6-4-3-5-11(13)16/h3-6,8-9,12H,2,7,10H2,1H3,(H,17,18)(H,19,20). The molecule has 0 bridgehead atoms. The number of H-pyrrole nitrogens is 1. The van der Waals surface area contributed by atoms with Crippen molar-refractivity contribution in [3.05, 3.63) is 47.5 Å².